The highest BCUT2D eigenvalue weighted by Gasteiger charge is 2.42. The SMILES string of the molecule is B[C@H]1C[C@@H](OCSSC(C)(C)CCC#C)C(COP(=O)(O)OP(=O)(O)OP(=O)(O)O)O1. The first-order chi connectivity index (χ1) is 14.0. The smallest absolute Gasteiger partial charge is 0.379 e. The number of phosphoric acid groups is 3. The van der Waals surface area contributed by atoms with E-state index in [2.05, 4.69) is 32.9 Å². The number of hydrogen-bond donors (Lipinski definition) is 4. The molecule has 180 valence electrons. The quantitative estimate of drug-likeness (QED) is 0.0625. The first kappa shape index (κ1) is 29.7. The summed E-state index contributed by atoms with van der Waals surface area (Å²) in [4.78, 5) is 35.8. The van der Waals surface area contributed by atoms with E-state index in [0.29, 0.717) is 18.8 Å². The second-order valence-corrected chi connectivity index (χ2v) is 14.5. The molecule has 0 aromatic carbocycles. The normalized spacial score (nSPS) is 26.2. The summed E-state index contributed by atoms with van der Waals surface area (Å²) in [5.41, 5.74) is 0. The van der Waals surface area contributed by atoms with Crippen molar-refractivity contribution in [3.63, 3.8) is 0 Å². The maximum absolute atomic E-state index is 11.8. The van der Waals surface area contributed by atoms with Crippen LogP contribution in [0.2, 0.25) is 0 Å². The van der Waals surface area contributed by atoms with Crippen LogP contribution < -0.4 is 0 Å². The minimum Gasteiger partial charge on any atom is -0.379 e. The van der Waals surface area contributed by atoms with E-state index in [1.165, 1.54) is 10.8 Å². The van der Waals surface area contributed by atoms with Crippen LogP contribution in [0, 0.1) is 12.3 Å². The van der Waals surface area contributed by atoms with Crippen LogP contribution in [0.4, 0.5) is 0 Å². The van der Waals surface area contributed by atoms with E-state index in [1.807, 2.05) is 0 Å². The zero-order valence-corrected chi connectivity index (χ0v) is 21.4. The summed E-state index contributed by atoms with van der Waals surface area (Å²) in [6.45, 7) is 3.59. The molecule has 0 aromatic heterocycles. The number of ether oxygens (including phenoxy) is 2. The van der Waals surface area contributed by atoms with Crippen LogP contribution in [0.5, 0.6) is 0 Å². The van der Waals surface area contributed by atoms with E-state index in [4.69, 9.17) is 30.6 Å². The Morgan fingerprint density at radius 1 is 1.19 bits per heavy atom. The van der Waals surface area contributed by atoms with Gasteiger partial charge in [0.15, 0.2) is 0 Å². The van der Waals surface area contributed by atoms with Crippen molar-refractivity contribution in [1.29, 1.82) is 0 Å². The van der Waals surface area contributed by atoms with Crippen LogP contribution in [-0.4, -0.2) is 62.9 Å². The lowest BCUT2D eigenvalue weighted by atomic mass is 9.96. The lowest BCUT2D eigenvalue weighted by Crippen LogP contribution is -2.29. The fraction of sp³-hybridized carbons (Fsp3) is 0.846. The van der Waals surface area contributed by atoms with Gasteiger partial charge in [-0.15, -0.1) is 12.3 Å². The van der Waals surface area contributed by atoms with Gasteiger partial charge in [-0.05, 0) is 26.7 Å². The highest BCUT2D eigenvalue weighted by Crippen LogP contribution is 2.66. The fourth-order valence-electron chi connectivity index (χ4n) is 2.43. The average Bonchev–Trinajstić information content (AvgIpc) is 2.92. The van der Waals surface area contributed by atoms with Crippen molar-refractivity contribution in [1.82, 2.24) is 0 Å². The zero-order valence-electron chi connectivity index (χ0n) is 17.1. The standard InChI is InChI=1S/C13H26BO12P3S2/c1-4-5-6-13(2,3)31-30-9-22-10-7-12(14)24-11(10)8-23-28(18,19)26-29(20,21)25-27(15,16)17/h1,10-12H,5-9,14H2,2-3H3,(H,18,19)(H,20,21)(H2,15,16,17)/t10-,11?,12-/m1/s1. The van der Waals surface area contributed by atoms with Gasteiger partial charge in [0.2, 0.25) is 0 Å². The Bertz CT molecular complexity index is 771. The molecular formula is C13H26BO12P3S2. The number of rotatable bonds is 14. The number of terminal acetylenes is 1. The van der Waals surface area contributed by atoms with Crippen molar-refractivity contribution >= 4 is 52.9 Å². The van der Waals surface area contributed by atoms with Gasteiger partial charge in [-0.1, -0.05) is 21.6 Å². The van der Waals surface area contributed by atoms with E-state index in [1.54, 1.807) is 18.6 Å². The Hall–Kier alpha value is 0.655. The fourth-order valence-corrected chi connectivity index (χ4v) is 7.76. The maximum Gasteiger partial charge on any atom is 0.490 e. The van der Waals surface area contributed by atoms with Gasteiger partial charge in [0.1, 0.15) is 19.9 Å². The van der Waals surface area contributed by atoms with Crippen LogP contribution in [0.3, 0.4) is 0 Å². The highest BCUT2D eigenvalue weighted by atomic mass is 33.1. The number of hydrogen-bond acceptors (Lipinski definition) is 10. The molecule has 1 aliphatic heterocycles. The topological polar surface area (TPSA) is 178 Å². The van der Waals surface area contributed by atoms with Crippen molar-refractivity contribution in [2.45, 2.75) is 56.1 Å². The molecule has 3 unspecified atom stereocenters. The largest absolute Gasteiger partial charge is 0.490 e. The molecule has 0 aliphatic carbocycles. The second-order valence-electron chi connectivity index (χ2n) is 7.10. The van der Waals surface area contributed by atoms with Gasteiger partial charge < -0.3 is 29.0 Å². The highest BCUT2D eigenvalue weighted by molar-refractivity contribution is 8.77. The third-order valence-corrected chi connectivity index (χ3v) is 10.5. The van der Waals surface area contributed by atoms with Crippen LogP contribution in [0.1, 0.15) is 33.1 Å². The van der Waals surface area contributed by atoms with Crippen LogP contribution >= 0.6 is 45.1 Å². The molecule has 0 saturated carbocycles. The summed E-state index contributed by atoms with van der Waals surface area (Å²) in [6, 6.07) is -0.232. The molecule has 18 heteroatoms. The maximum atomic E-state index is 11.8. The van der Waals surface area contributed by atoms with Crippen LogP contribution in [0.25, 0.3) is 0 Å². The molecule has 0 amide bonds. The number of phosphoric ester groups is 1. The zero-order chi connectivity index (χ0) is 23.9. The molecule has 0 aromatic rings. The molecule has 1 heterocycles. The molecule has 12 nitrogen and oxygen atoms in total. The molecular weight excluding hydrogens is 516 g/mol. The van der Waals surface area contributed by atoms with E-state index in [9.17, 15) is 18.6 Å². The lowest BCUT2D eigenvalue weighted by Gasteiger charge is -2.23. The molecule has 31 heavy (non-hydrogen) atoms. The summed E-state index contributed by atoms with van der Waals surface area (Å²) in [6.07, 6.45) is 6.01. The molecule has 0 bridgehead atoms. The Kier molecular flexibility index (Phi) is 11.9. The first-order valence-corrected chi connectivity index (χ1v) is 15.7. The predicted octanol–water partition coefficient (Wildman–Crippen LogP) is 1.99. The Morgan fingerprint density at radius 3 is 2.42 bits per heavy atom. The van der Waals surface area contributed by atoms with Crippen molar-refractivity contribution < 1.29 is 55.9 Å². The van der Waals surface area contributed by atoms with Gasteiger partial charge in [0, 0.05) is 17.2 Å². The minimum atomic E-state index is -5.56. The van der Waals surface area contributed by atoms with Gasteiger partial charge >= 0.3 is 23.5 Å². The third-order valence-electron chi connectivity index (χ3n) is 3.69. The van der Waals surface area contributed by atoms with Gasteiger partial charge in [-0.25, -0.2) is 13.7 Å². The van der Waals surface area contributed by atoms with Crippen LogP contribution in [-0.2, 0) is 36.3 Å². The van der Waals surface area contributed by atoms with E-state index in [0.717, 1.165) is 6.42 Å². The van der Waals surface area contributed by atoms with Crippen molar-refractivity contribution in [3.05, 3.63) is 0 Å². The molecule has 0 radical (unpaired) electrons. The molecule has 1 aliphatic rings. The predicted molar refractivity (Wildman–Crippen MR) is 119 cm³/mol. The van der Waals surface area contributed by atoms with Gasteiger partial charge in [-0.2, -0.15) is 8.62 Å². The van der Waals surface area contributed by atoms with Crippen molar-refractivity contribution in [2.24, 2.45) is 0 Å². The average molecular weight is 542 g/mol. The monoisotopic (exact) mass is 542 g/mol. The molecule has 1 rings (SSSR count). The summed E-state index contributed by atoms with van der Waals surface area (Å²) in [5, 5.41) is 0. The molecule has 5 atom stereocenters. The molecule has 4 N–H and O–H groups in total. The van der Waals surface area contributed by atoms with Gasteiger partial charge in [0.05, 0.1) is 12.7 Å². The van der Waals surface area contributed by atoms with E-state index < -0.39 is 42.3 Å². The first-order valence-electron chi connectivity index (χ1n) is 8.84. The Balaban J connectivity index is 2.52. The van der Waals surface area contributed by atoms with Crippen LogP contribution in [0.15, 0.2) is 0 Å². The Labute approximate surface area is 189 Å². The van der Waals surface area contributed by atoms with E-state index >= 15 is 0 Å². The van der Waals surface area contributed by atoms with Crippen molar-refractivity contribution in [3.8, 4) is 12.3 Å². The van der Waals surface area contributed by atoms with Crippen molar-refractivity contribution in [2.75, 3.05) is 12.5 Å². The second kappa shape index (κ2) is 12.4. The Morgan fingerprint density at radius 2 is 1.84 bits per heavy atom. The lowest BCUT2D eigenvalue weighted by molar-refractivity contribution is -0.0237. The van der Waals surface area contributed by atoms with E-state index in [-0.39, 0.29) is 10.8 Å². The summed E-state index contributed by atoms with van der Waals surface area (Å²) < 4.78 is 57.1. The summed E-state index contributed by atoms with van der Waals surface area (Å²) in [7, 11) is -11.4. The van der Waals surface area contributed by atoms with Gasteiger partial charge in [-0.3, -0.25) is 4.52 Å². The van der Waals surface area contributed by atoms with Gasteiger partial charge in [0.25, 0.3) is 0 Å². The minimum absolute atomic E-state index is 0.0450. The summed E-state index contributed by atoms with van der Waals surface area (Å²) >= 11 is 0. The molecule has 1 saturated heterocycles. The third kappa shape index (κ3) is 13.2. The molecule has 0 spiro atoms. The summed E-state index contributed by atoms with van der Waals surface area (Å²) in [5.74, 6) is 2.91. The molecule has 1 fully saturated rings.